The standard InChI is InChI=1S/C14H18N4O3/c1-4-21-14(19)11-8-17-18(2)12(11)9-15-10-5-6-13(20-3)16-7-10/h5-8,15H,4,9H2,1-3H3. The van der Waals surface area contributed by atoms with Crippen LogP contribution in [0.5, 0.6) is 5.88 Å². The number of carbonyl (C=O) groups excluding carboxylic acids is 1. The molecule has 0 aliphatic heterocycles. The molecule has 0 bridgehead atoms. The average Bonchev–Trinajstić information content (AvgIpc) is 2.87. The maximum atomic E-state index is 11.8. The van der Waals surface area contributed by atoms with Gasteiger partial charge in [0.2, 0.25) is 5.88 Å². The minimum atomic E-state index is -0.366. The minimum Gasteiger partial charge on any atom is -0.481 e. The Kier molecular flexibility index (Phi) is 4.76. The number of carbonyl (C=O) groups is 1. The van der Waals surface area contributed by atoms with E-state index in [2.05, 4.69) is 15.4 Å². The van der Waals surface area contributed by atoms with Gasteiger partial charge in [0.25, 0.3) is 0 Å². The summed E-state index contributed by atoms with van der Waals surface area (Å²) in [6.45, 7) is 2.55. The van der Waals surface area contributed by atoms with Crippen molar-refractivity contribution in [3.8, 4) is 5.88 Å². The number of hydrogen-bond acceptors (Lipinski definition) is 6. The van der Waals surface area contributed by atoms with Gasteiger partial charge in [-0.25, -0.2) is 9.78 Å². The van der Waals surface area contributed by atoms with Crippen molar-refractivity contribution >= 4 is 11.7 Å². The molecule has 0 spiro atoms. The van der Waals surface area contributed by atoms with Crippen LogP contribution in [0.4, 0.5) is 5.69 Å². The van der Waals surface area contributed by atoms with Gasteiger partial charge in [0.15, 0.2) is 0 Å². The topological polar surface area (TPSA) is 78.3 Å². The zero-order chi connectivity index (χ0) is 15.2. The summed E-state index contributed by atoms with van der Waals surface area (Å²) >= 11 is 0. The van der Waals surface area contributed by atoms with Crippen LogP contribution in [0.15, 0.2) is 24.5 Å². The third-order valence-corrected chi connectivity index (χ3v) is 2.96. The highest BCUT2D eigenvalue weighted by Crippen LogP contribution is 2.14. The van der Waals surface area contributed by atoms with Gasteiger partial charge in [0, 0.05) is 13.1 Å². The van der Waals surface area contributed by atoms with Crippen LogP contribution in [0.2, 0.25) is 0 Å². The second-order valence-electron chi connectivity index (χ2n) is 4.29. The Bertz CT molecular complexity index is 607. The molecule has 2 aromatic rings. The first-order chi connectivity index (χ1) is 10.2. The smallest absolute Gasteiger partial charge is 0.341 e. The van der Waals surface area contributed by atoms with E-state index in [-0.39, 0.29) is 5.97 Å². The Hall–Kier alpha value is -2.57. The van der Waals surface area contributed by atoms with Gasteiger partial charge in [-0.05, 0) is 13.0 Å². The zero-order valence-electron chi connectivity index (χ0n) is 12.3. The molecule has 0 amide bonds. The van der Waals surface area contributed by atoms with E-state index in [1.807, 2.05) is 6.07 Å². The molecule has 1 N–H and O–H groups in total. The van der Waals surface area contributed by atoms with Crippen LogP contribution in [0, 0.1) is 0 Å². The second-order valence-corrected chi connectivity index (χ2v) is 4.29. The van der Waals surface area contributed by atoms with Crippen LogP contribution in [0.1, 0.15) is 23.0 Å². The molecule has 0 saturated carbocycles. The molecule has 21 heavy (non-hydrogen) atoms. The fraction of sp³-hybridized carbons (Fsp3) is 0.357. The van der Waals surface area contributed by atoms with Crippen LogP contribution in [0.3, 0.4) is 0 Å². The molecule has 0 radical (unpaired) electrons. The van der Waals surface area contributed by atoms with E-state index >= 15 is 0 Å². The van der Waals surface area contributed by atoms with E-state index in [4.69, 9.17) is 9.47 Å². The lowest BCUT2D eigenvalue weighted by atomic mass is 10.2. The average molecular weight is 290 g/mol. The minimum absolute atomic E-state index is 0.336. The number of aromatic nitrogens is 3. The lowest BCUT2D eigenvalue weighted by molar-refractivity contribution is 0.0525. The molecular formula is C14H18N4O3. The Balaban J connectivity index is 2.08. The van der Waals surface area contributed by atoms with Crippen LogP contribution < -0.4 is 10.1 Å². The van der Waals surface area contributed by atoms with E-state index < -0.39 is 0 Å². The van der Waals surface area contributed by atoms with Gasteiger partial charge in [0.1, 0.15) is 5.56 Å². The Labute approximate surface area is 122 Å². The zero-order valence-corrected chi connectivity index (χ0v) is 12.3. The summed E-state index contributed by atoms with van der Waals surface area (Å²) in [5, 5.41) is 7.29. The first-order valence-corrected chi connectivity index (χ1v) is 6.57. The SMILES string of the molecule is CCOC(=O)c1cnn(C)c1CNc1ccc(OC)nc1. The summed E-state index contributed by atoms with van der Waals surface area (Å²) in [7, 11) is 3.35. The third-order valence-electron chi connectivity index (χ3n) is 2.96. The van der Waals surface area contributed by atoms with Crippen LogP contribution >= 0.6 is 0 Å². The molecule has 0 saturated heterocycles. The molecule has 7 nitrogen and oxygen atoms in total. The molecule has 2 aromatic heterocycles. The number of esters is 1. The normalized spacial score (nSPS) is 10.2. The fourth-order valence-corrected chi connectivity index (χ4v) is 1.84. The summed E-state index contributed by atoms with van der Waals surface area (Å²) in [6.07, 6.45) is 3.18. The predicted octanol–water partition coefficient (Wildman–Crippen LogP) is 1.61. The molecular weight excluding hydrogens is 272 g/mol. The summed E-state index contributed by atoms with van der Waals surface area (Å²) in [5.74, 6) is 0.184. The number of nitrogens with one attached hydrogen (secondary N) is 1. The van der Waals surface area contributed by atoms with Crippen LogP contribution in [-0.4, -0.2) is 34.5 Å². The van der Waals surface area contributed by atoms with E-state index in [0.29, 0.717) is 24.6 Å². The maximum absolute atomic E-state index is 11.8. The highest BCUT2D eigenvalue weighted by molar-refractivity contribution is 5.90. The highest BCUT2D eigenvalue weighted by Gasteiger charge is 2.16. The van der Waals surface area contributed by atoms with Gasteiger partial charge in [-0.3, -0.25) is 4.68 Å². The van der Waals surface area contributed by atoms with Crippen molar-refractivity contribution in [2.24, 2.45) is 7.05 Å². The van der Waals surface area contributed by atoms with Gasteiger partial charge in [0.05, 0.1) is 44.0 Å². The largest absolute Gasteiger partial charge is 0.481 e. The molecule has 0 aromatic carbocycles. The number of rotatable bonds is 6. The Morgan fingerprint density at radius 2 is 2.19 bits per heavy atom. The molecule has 0 aliphatic rings. The molecule has 0 fully saturated rings. The van der Waals surface area contributed by atoms with E-state index in [0.717, 1.165) is 11.4 Å². The van der Waals surface area contributed by atoms with Crippen molar-refractivity contribution in [1.82, 2.24) is 14.8 Å². The second kappa shape index (κ2) is 6.74. The molecule has 0 unspecified atom stereocenters. The number of ether oxygens (including phenoxy) is 2. The Morgan fingerprint density at radius 3 is 2.81 bits per heavy atom. The lowest BCUT2D eigenvalue weighted by Crippen LogP contribution is -2.12. The van der Waals surface area contributed by atoms with Gasteiger partial charge < -0.3 is 14.8 Å². The van der Waals surface area contributed by atoms with Gasteiger partial charge in [-0.2, -0.15) is 5.10 Å². The number of methoxy groups -OCH3 is 1. The van der Waals surface area contributed by atoms with Crippen molar-refractivity contribution < 1.29 is 14.3 Å². The first-order valence-electron chi connectivity index (χ1n) is 6.57. The molecule has 0 atom stereocenters. The van der Waals surface area contributed by atoms with Gasteiger partial charge in [-0.15, -0.1) is 0 Å². The number of aryl methyl sites for hydroxylation is 1. The first kappa shape index (κ1) is 14.8. The van der Waals surface area contributed by atoms with Crippen molar-refractivity contribution in [2.75, 3.05) is 19.0 Å². The predicted molar refractivity (Wildman–Crippen MR) is 77.3 cm³/mol. The fourth-order valence-electron chi connectivity index (χ4n) is 1.84. The van der Waals surface area contributed by atoms with Crippen LogP contribution in [-0.2, 0) is 18.3 Å². The Morgan fingerprint density at radius 1 is 1.38 bits per heavy atom. The monoisotopic (exact) mass is 290 g/mol. The van der Waals surface area contributed by atoms with Crippen molar-refractivity contribution in [2.45, 2.75) is 13.5 Å². The molecule has 2 heterocycles. The van der Waals surface area contributed by atoms with E-state index in [1.165, 1.54) is 6.20 Å². The number of anilines is 1. The van der Waals surface area contributed by atoms with Crippen LogP contribution in [0.25, 0.3) is 0 Å². The molecule has 7 heteroatoms. The van der Waals surface area contributed by atoms with Crippen molar-refractivity contribution in [3.63, 3.8) is 0 Å². The van der Waals surface area contributed by atoms with Crippen molar-refractivity contribution in [1.29, 1.82) is 0 Å². The number of hydrogen-bond donors (Lipinski definition) is 1. The quantitative estimate of drug-likeness (QED) is 0.814. The lowest BCUT2D eigenvalue weighted by Gasteiger charge is -2.09. The van der Waals surface area contributed by atoms with E-state index in [9.17, 15) is 4.79 Å². The highest BCUT2D eigenvalue weighted by atomic mass is 16.5. The number of pyridine rings is 1. The molecule has 0 aliphatic carbocycles. The van der Waals surface area contributed by atoms with Gasteiger partial charge >= 0.3 is 5.97 Å². The summed E-state index contributed by atoms with van der Waals surface area (Å²) in [4.78, 5) is 15.9. The molecule has 112 valence electrons. The van der Waals surface area contributed by atoms with E-state index in [1.54, 1.807) is 38.0 Å². The summed E-state index contributed by atoms with van der Waals surface area (Å²) < 4.78 is 11.7. The maximum Gasteiger partial charge on any atom is 0.341 e. The summed E-state index contributed by atoms with van der Waals surface area (Å²) in [5.41, 5.74) is 2.05. The third kappa shape index (κ3) is 3.50. The van der Waals surface area contributed by atoms with Gasteiger partial charge in [-0.1, -0.05) is 0 Å². The number of nitrogens with zero attached hydrogens (tertiary/aromatic N) is 3. The summed E-state index contributed by atoms with van der Waals surface area (Å²) in [6, 6.07) is 3.62. The van der Waals surface area contributed by atoms with Crippen molar-refractivity contribution in [3.05, 3.63) is 35.8 Å². The molecule has 2 rings (SSSR count).